The third-order valence-corrected chi connectivity index (χ3v) is 19.6. The fourth-order valence-corrected chi connectivity index (χ4v) is 18.2. The van der Waals surface area contributed by atoms with E-state index in [2.05, 4.69) is 72.8 Å². The van der Waals surface area contributed by atoms with Gasteiger partial charge in [0.05, 0.1) is 0 Å². The summed E-state index contributed by atoms with van der Waals surface area (Å²) < 4.78 is 4.98. The zero-order valence-electron chi connectivity index (χ0n) is 14.3. The molecule has 0 amide bonds. The van der Waals surface area contributed by atoms with Crippen LogP contribution in [0.2, 0.25) is 4.44 Å². The fraction of sp³-hybridized carbons (Fsp3) is 0.182. The Hall–Kier alpha value is -1.62. The van der Waals surface area contributed by atoms with Crippen molar-refractivity contribution >= 4 is 29.1 Å². The van der Waals surface area contributed by atoms with Crippen molar-refractivity contribution in [2.45, 2.75) is 4.44 Å². The van der Waals surface area contributed by atoms with E-state index in [1.165, 1.54) is 10.7 Å². The molecule has 0 unspecified atom stereocenters. The molecule has 0 aliphatic rings. The third-order valence-electron chi connectivity index (χ3n) is 4.91. The van der Waals surface area contributed by atoms with Gasteiger partial charge in [-0.15, -0.1) is 0 Å². The van der Waals surface area contributed by atoms with Crippen LogP contribution in [0, 0.1) is 5.92 Å². The average molecular weight is 439 g/mol. The standard InChI is InChI=1S/3C6H5.C4H9O2.Sn/c3*1-2-4-6-5-3-1;1-4(2-5)3-6;/h3*1-5H;4-6H,1-3H2;. The van der Waals surface area contributed by atoms with E-state index in [-0.39, 0.29) is 19.1 Å². The van der Waals surface area contributed by atoms with Crippen LogP contribution in [0.4, 0.5) is 0 Å². The van der Waals surface area contributed by atoms with E-state index in [0.29, 0.717) is 0 Å². The van der Waals surface area contributed by atoms with Crippen molar-refractivity contribution in [2.75, 3.05) is 13.2 Å². The van der Waals surface area contributed by atoms with Gasteiger partial charge in [-0.2, -0.15) is 0 Å². The Kier molecular flexibility index (Phi) is 6.29. The van der Waals surface area contributed by atoms with Gasteiger partial charge in [0.15, 0.2) is 0 Å². The molecule has 0 aliphatic carbocycles. The monoisotopic (exact) mass is 440 g/mol. The molecule has 25 heavy (non-hydrogen) atoms. The van der Waals surface area contributed by atoms with E-state index in [9.17, 15) is 10.2 Å². The average Bonchev–Trinajstić information content (AvgIpc) is 2.71. The van der Waals surface area contributed by atoms with Gasteiger partial charge in [0.1, 0.15) is 0 Å². The summed E-state index contributed by atoms with van der Waals surface area (Å²) in [6.07, 6.45) is 0. The Morgan fingerprint density at radius 2 is 0.880 bits per heavy atom. The van der Waals surface area contributed by atoms with Crippen molar-refractivity contribution in [3.8, 4) is 0 Å². The van der Waals surface area contributed by atoms with Crippen LogP contribution in [0.15, 0.2) is 91.0 Å². The number of rotatable bonds is 7. The topological polar surface area (TPSA) is 40.5 Å². The van der Waals surface area contributed by atoms with E-state index in [4.69, 9.17) is 0 Å². The van der Waals surface area contributed by atoms with Crippen molar-refractivity contribution in [3.63, 3.8) is 0 Å². The van der Waals surface area contributed by atoms with Crippen molar-refractivity contribution < 1.29 is 10.2 Å². The molecule has 3 heteroatoms. The molecule has 0 aliphatic heterocycles. The summed E-state index contributed by atoms with van der Waals surface area (Å²) >= 11 is -3.34. The molecule has 3 rings (SSSR count). The Balaban J connectivity index is 2.27. The van der Waals surface area contributed by atoms with Crippen molar-refractivity contribution in [2.24, 2.45) is 5.92 Å². The number of aliphatic hydroxyl groups excluding tert-OH is 2. The summed E-state index contributed by atoms with van der Waals surface area (Å²) in [5.41, 5.74) is 0. The van der Waals surface area contributed by atoms with E-state index in [0.717, 1.165) is 4.44 Å². The molecule has 0 fully saturated rings. The quantitative estimate of drug-likeness (QED) is 0.552. The zero-order chi connectivity index (χ0) is 17.5. The van der Waals surface area contributed by atoms with Crippen LogP contribution in [-0.4, -0.2) is 41.8 Å². The van der Waals surface area contributed by atoms with Crippen LogP contribution in [-0.2, 0) is 0 Å². The molecule has 2 N–H and O–H groups in total. The predicted octanol–water partition coefficient (Wildman–Crippen LogP) is 1.76. The van der Waals surface area contributed by atoms with Gasteiger partial charge in [0, 0.05) is 0 Å². The molecular formula is C22H24O2Sn. The first kappa shape index (κ1) is 18.2. The molecule has 0 atom stereocenters. The summed E-state index contributed by atoms with van der Waals surface area (Å²) in [5, 5.41) is 19.6. The van der Waals surface area contributed by atoms with Crippen LogP contribution in [0.3, 0.4) is 0 Å². The van der Waals surface area contributed by atoms with Gasteiger partial charge in [-0.3, -0.25) is 0 Å². The van der Waals surface area contributed by atoms with Crippen LogP contribution in [0.25, 0.3) is 0 Å². The van der Waals surface area contributed by atoms with Crippen LogP contribution in [0.5, 0.6) is 0 Å². The van der Waals surface area contributed by atoms with Crippen molar-refractivity contribution in [3.05, 3.63) is 91.0 Å². The molecule has 0 saturated heterocycles. The predicted molar refractivity (Wildman–Crippen MR) is 106 cm³/mol. The first-order chi connectivity index (χ1) is 12.3. The molecule has 128 valence electrons. The molecule has 0 spiro atoms. The van der Waals surface area contributed by atoms with Gasteiger partial charge >= 0.3 is 154 Å². The summed E-state index contributed by atoms with van der Waals surface area (Å²) in [7, 11) is 0. The number of hydrogen-bond donors (Lipinski definition) is 2. The van der Waals surface area contributed by atoms with Crippen LogP contribution >= 0.6 is 0 Å². The third kappa shape index (κ3) is 3.81. The summed E-state index contributed by atoms with van der Waals surface area (Å²) in [5.74, 6) is -0.101. The van der Waals surface area contributed by atoms with Crippen molar-refractivity contribution in [1.29, 1.82) is 0 Å². The molecule has 0 saturated carbocycles. The normalized spacial score (nSPS) is 11.6. The van der Waals surface area contributed by atoms with Gasteiger partial charge in [-0.25, -0.2) is 0 Å². The van der Waals surface area contributed by atoms with E-state index in [1.54, 1.807) is 0 Å². The zero-order valence-corrected chi connectivity index (χ0v) is 17.1. The Bertz CT molecular complexity index is 659. The first-order valence-corrected chi connectivity index (χ1v) is 15.0. The molecular weight excluding hydrogens is 415 g/mol. The second-order valence-electron chi connectivity index (χ2n) is 6.44. The van der Waals surface area contributed by atoms with Gasteiger partial charge in [0.2, 0.25) is 0 Å². The summed E-state index contributed by atoms with van der Waals surface area (Å²) in [6, 6.07) is 32.1. The van der Waals surface area contributed by atoms with E-state index in [1.807, 2.05) is 18.2 Å². The Morgan fingerprint density at radius 1 is 0.560 bits per heavy atom. The number of aliphatic hydroxyl groups is 2. The minimum atomic E-state index is -3.34. The molecule has 0 heterocycles. The molecule has 0 bridgehead atoms. The van der Waals surface area contributed by atoms with Gasteiger partial charge in [-0.05, 0) is 0 Å². The second kappa shape index (κ2) is 8.65. The molecule has 0 aromatic heterocycles. The molecule has 0 radical (unpaired) electrons. The van der Waals surface area contributed by atoms with Gasteiger partial charge in [-0.1, -0.05) is 0 Å². The second-order valence-corrected chi connectivity index (χ2v) is 17.7. The Morgan fingerprint density at radius 3 is 1.16 bits per heavy atom. The first-order valence-electron chi connectivity index (χ1n) is 8.69. The van der Waals surface area contributed by atoms with E-state index >= 15 is 0 Å². The molecule has 3 aromatic carbocycles. The Labute approximate surface area is 153 Å². The number of benzene rings is 3. The minimum absolute atomic E-state index is 0.0155. The van der Waals surface area contributed by atoms with Gasteiger partial charge < -0.3 is 0 Å². The summed E-state index contributed by atoms with van der Waals surface area (Å²) in [4.78, 5) is 0. The van der Waals surface area contributed by atoms with Crippen LogP contribution < -0.4 is 10.7 Å². The molecule has 3 aromatic rings. The van der Waals surface area contributed by atoms with Crippen LogP contribution in [0.1, 0.15) is 0 Å². The number of hydrogen-bond acceptors (Lipinski definition) is 2. The summed E-state index contributed by atoms with van der Waals surface area (Å²) in [6.45, 7) is 0.0311. The van der Waals surface area contributed by atoms with E-state index < -0.39 is 18.4 Å². The fourth-order valence-electron chi connectivity index (χ4n) is 3.64. The van der Waals surface area contributed by atoms with Gasteiger partial charge in [0.25, 0.3) is 0 Å². The maximum atomic E-state index is 9.80. The maximum absolute atomic E-state index is 9.80. The molecule has 2 nitrogen and oxygen atoms in total. The SMILES string of the molecule is OCC(CO)[CH2][Sn]([c]1ccccc1)([c]1ccccc1)[c]1ccccc1. The van der Waals surface area contributed by atoms with Crippen molar-refractivity contribution in [1.82, 2.24) is 0 Å².